The first-order valence-electron chi connectivity index (χ1n) is 13.4. The molecule has 7 N–H and O–H groups in total. The summed E-state index contributed by atoms with van der Waals surface area (Å²) in [6.07, 6.45) is 4.10. The molecule has 0 bridgehead atoms. The Morgan fingerprint density at radius 2 is 1.86 bits per heavy atom. The maximum atomic E-state index is 13.9. The zero-order chi connectivity index (χ0) is 30.7. The number of amides is 1. The highest BCUT2D eigenvalue weighted by molar-refractivity contribution is 6.24. The van der Waals surface area contributed by atoms with Gasteiger partial charge < -0.3 is 36.0 Å². The number of ketones is 2. The Bertz CT molecular complexity index is 1620. The Hall–Kier alpha value is -4.61. The maximum absolute atomic E-state index is 13.9. The second-order valence-corrected chi connectivity index (χ2v) is 11.1. The lowest BCUT2D eigenvalue weighted by Gasteiger charge is -2.50. The fourth-order valence-corrected chi connectivity index (χ4v) is 6.63. The van der Waals surface area contributed by atoms with Gasteiger partial charge in [0.1, 0.15) is 22.8 Å². The molecule has 1 saturated carbocycles. The number of allylic oxidation sites excluding steroid dienone is 1. The number of carbonyl (C=O) groups excluding carboxylic acids is 3. The number of methoxy groups -OCH3 is 1. The first-order valence-corrected chi connectivity index (χ1v) is 13.4. The molecule has 0 radical (unpaired) electrons. The minimum atomic E-state index is -2.68. The van der Waals surface area contributed by atoms with E-state index < -0.39 is 58.0 Å². The van der Waals surface area contributed by atoms with E-state index in [1.165, 1.54) is 18.1 Å². The number of aromatic hydroxyl groups is 2. The number of ether oxygens (including phenoxy) is 1. The number of aliphatic hydroxyl groups is 3. The topological polar surface area (TPSA) is 191 Å². The molecule has 2 aromatic rings. The van der Waals surface area contributed by atoms with E-state index in [2.05, 4.69) is 0 Å². The van der Waals surface area contributed by atoms with Crippen molar-refractivity contribution in [2.75, 3.05) is 21.2 Å². The van der Waals surface area contributed by atoms with Crippen LogP contribution in [0.4, 0.5) is 0 Å². The highest BCUT2D eigenvalue weighted by Crippen LogP contribution is 2.53. The van der Waals surface area contributed by atoms with E-state index in [4.69, 9.17) is 10.5 Å². The van der Waals surface area contributed by atoms with Gasteiger partial charge in [0, 0.05) is 17.1 Å². The average Bonchev–Trinajstić information content (AvgIpc) is 2.92. The van der Waals surface area contributed by atoms with Gasteiger partial charge in [0.2, 0.25) is 5.78 Å². The summed E-state index contributed by atoms with van der Waals surface area (Å²) >= 11 is 0. The van der Waals surface area contributed by atoms with E-state index in [-0.39, 0.29) is 35.5 Å². The number of hydrogen-bond acceptors (Lipinski definition) is 10. The van der Waals surface area contributed by atoms with Crippen molar-refractivity contribution < 1.29 is 44.7 Å². The van der Waals surface area contributed by atoms with E-state index in [0.717, 1.165) is 0 Å². The number of carbonyl (C=O) groups is 3. The van der Waals surface area contributed by atoms with Gasteiger partial charge in [-0.3, -0.25) is 19.3 Å². The monoisotopic (exact) mass is 576 g/mol. The summed E-state index contributed by atoms with van der Waals surface area (Å²) in [4.78, 5) is 40.7. The fourth-order valence-electron chi connectivity index (χ4n) is 6.63. The number of nitrogens with zero attached hydrogens (tertiary/aromatic N) is 1. The Morgan fingerprint density at radius 1 is 1.14 bits per heavy atom. The van der Waals surface area contributed by atoms with Gasteiger partial charge in [0.25, 0.3) is 5.91 Å². The van der Waals surface area contributed by atoms with Crippen LogP contribution in [0.5, 0.6) is 17.2 Å². The average molecular weight is 577 g/mol. The lowest BCUT2D eigenvalue weighted by Crippen LogP contribution is -2.65. The highest BCUT2D eigenvalue weighted by Gasteiger charge is 2.64. The molecule has 3 aliphatic carbocycles. The van der Waals surface area contributed by atoms with Crippen LogP contribution in [0.1, 0.15) is 28.7 Å². The molecule has 0 spiro atoms. The molecule has 1 amide bonds. The summed E-state index contributed by atoms with van der Waals surface area (Å²) in [7, 11) is 4.56. The minimum Gasteiger partial charge on any atom is -0.508 e. The van der Waals surface area contributed by atoms with Crippen LogP contribution in [0.2, 0.25) is 0 Å². The standard InChI is InChI=1S/C31H32N2O9/c1-33(2)24-18-13-16-12-17-14(6-4-7-15-8-5-9-20(42-3)25(15)35)10-11-19(34)22(17)26(36)21(16)28(38)31(18,41)29(39)23(27(24)37)30(32)40/h4-6,8-11,16,18,24,34-36,39,41H,7,12-13H2,1-3H3,(H2,32,40)/b6-4+. The molecule has 5 rings (SSSR count). The molecule has 0 heterocycles. The smallest absolute Gasteiger partial charge is 0.255 e. The number of nitrogens with two attached hydrogens (primary N) is 1. The number of Topliss-reactive ketones (excluding diaryl/α,β-unsaturated/α-hetero) is 2. The lowest BCUT2D eigenvalue weighted by molar-refractivity contribution is -0.153. The van der Waals surface area contributed by atoms with Crippen molar-refractivity contribution in [3.05, 3.63) is 75.6 Å². The molecule has 4 atom stereocenters. The van der Waals surface area contributed by atoms with Crippen molar-refractivity contribution in [1.29, 1.82) is 0 Å². The van der Waals surface area contributed by atoms with Crippen LogP contribution in [0.15, 0.2) is 53.3 Å². The third-order valence-corrected chi connectivity index (χ3v) is 8.58. The van der Waals surface area contributed by atoms with Gasteiger partial charge in [-0.25, -0.2) is 0 Å². The van der Waals surface area contributed by atoms with Gasteiger partial charge >= 0.3 is 0 Å². The Kier molecular flexibility index (Phi) is 7.12. The number of benzene rings is 2. The molecule has 11 nitrogen and oxygen atoms in total. The molecular weight excluding hydrogens is 544 g/mol. The fraction of sp³-hybridized carbons (Fsp3) is 0.323. The number of phenols is 2. The van der Waals surface area contributed by atoms with Crippen LogP contribution >= 0.6 is 0 Å². The molecule has 0 aromatic heterocycles. The van der Waals surface area contributed by atoms with Crippen LogP contribution in [-0.2, 0) is 27.2 Å². The number of fused-ring (bicyclic) bond motifs is 3. The number of phenolic OH excluding ortho intramolecular Hbond substituents is 2. The molecule has 42 heavy (non-hydrogen) atoms. The van der Waals surface area contributed by atoms with Crippen LogP contribution in [0.25, 0.3) is 11.8 Å². The molecule has 220 valence electrons. The molecule has 2 aromatic carbocycles. The van der Waals surface area contributed by atoms with E-state index in [0.29, 0.717) is 28.9 Å². The first kappa shape index (κ1) is 28.9. The summed E-state index contributed by atoms with van der Waals surface area (Å²) in [5, 5.41) is 55.1. The van der Waals surface area contributed by atoms with Gasteiger partial charge in [0.15, 0.2) is 22.9 Å². The summed E-state index contributed by atoms with van der Waals surface area (Å²) in [5.74, 6) is -6.58. The van der Waals surface area contributed by atoms with Gasteiger partial charge in [-0.2, -0.15) is 0 Å². The van der Waals surface area contributed by atoms with E-state index >= 15 is 0 Å². The van der Waals surface area contributed by atoms with Crippen LogP contribution in [0, 0.1) is 11.8 Å². The minimum absolute atomic E-state index is 0.00224. The molecular formula is C31H32N2O9. The zero-order valence-corrected chi connectivity index (χ0v) is 23.3. The second kappa shape index (κ2) is 10.3. The normalized spacial score (nSPS) is 25.5. The second-order valence-electron chi connectivity index (χ2n) is 11.1. The SMILES string of the molecule is COc1cccc(C/C=C/c2ccc(O)c3c2CC2CC4C(N(C)C)C(=O)C(C(N)=O)=C(O)C4(O)C(=O)C2=C3O)c1O. The summed E-state index contributed by atoms with van der Waals surface area (Å²) in [6.45, 7) is 0. The number of primary amides is 1. The third-order valence-electron chi connectivity index (χ3n) is 8.58. The Morgan fingerprint density at radius 3 is 2.50 bits per heavy atom. The number of rotatable bonds is 6. The molecule has 11 heteroatoms. The predicted octanol–water partition coefficient (Wildman–Crippen LogP) is 1.93. The third kappa shape index (κ3) is 4.15. The van der Waals surface area contributed by atoms with Crippen molar-refractivity contribution >= 4 is 29.3 Å². The molecule has 1 fully saturated rings. The maximum Gasteiger partial charge on any atom is 0.255 e. The molecule has 0 saturated heterocycles. The van der Waals surface area contributed by atoms with Gasteiger partial charge in [-0.15, -0.1) is 0 Å². The lowest BCUT2D eigenvalue weighted by atomic mass is 9.57. The van der Waals surface area contributed by atoms with Gasteiger partial charge in [0.05, 0.1) is 18.7 Å². The quantitative estimate of drug-likeness (QED) is 0.277. The number of para-hydroxylation sites is 1. The van der Waals surface area contributed by atoms with Crippen LogP contribution in [-0.4, -0.2) is 80.8 Å². The van der Waals surface area contributed by atoms with Crippen molar-refractivity contribution in [2.24, 2.45) is 17.6 Å². The van der Waals surface area contributed by atoms with Crippen molar-refractivity contribution in [2.45, 2.75) is 30.9 Å². The van der Waals surface area contributed by atoms with E-state index in [1.54, 1.807) is 50.5 Å². The first-order chi connectivity index (χ1) is 19.8. The van der Waals surface area contributed by atoms with Crippen molar-refractivity contribution in [1.82, 2.24) is 4.90 Å². The van der Waals surface area contributed by atoms with Crippen molar-refractivity contribution in [3.63, 3.8) is 0 Å². The number of aliphatic hydroxyl groups excluding tert-OH is 2. The predicted molar refractivity (Wildman–Crippen MR) is 152 cm³/mol. The zero-order valence-electron chi connectivity index (χ0n) is 23.3. The summed E-state index contributed by atoms with van der Waals surface area (Å²) in [6, 6.07) is 7.03. The molecule has 0 aliphatic heterocycles. The molecule has 3 aliphatic rings. The van der Waals surface area contributed by atoms with E-state index in [1.807, 2.05) is 0 Å². The van der Waals surface area contributed by atoms with Crippen LogP contribution in [0.3, 0.4) is 0 Å². The number of likely N-dealkylation sites (N-methyl/N-ethyl adjacent to an activating group) is 1. The number of hydrogen-bond donors (Lipinski definition) is 6. The van der Waals surface area contributed by atoms with Gasteiger partial charge in [-0.05, 0) is 62.5 Å². The summed E-state index contributed by atoms with van der Waals surface area (Å²) in [5.41, 5.74) is 3.44. The van der Waals surface area contributed by atoms with E-state index in [9.17, 15) is 39.9 Å². The molecule has 4 unspecified atom stereocenters. The summed E-state index contributed by atoms with van der Waals surface area (Å²) < 4.78 is 5.16. The van der Waals surface area contributed by atoms with Gasteiger partial charge in [-0.1, -0.05) is 30.4 Å². The van der Waals surface area contributed by atoms with Crippen LogP contribution < -0.4 is 10.5 Å². The largest absolute Gasteiger partial charge is 0.508 e. The van der Waals surface area contributed by atoms with Crippen molar-refractivity contribution in [3.8, 4) is 17.2 Å². The Balaban J connectivity index is 1.59. The Labute approximate surface area is 241 Å². The highest BCUT2D eigenvalue weighted by atomic mass is 16.5.